The van der Waals surface area contributed by atoms with Crippen LogP contribution in [0.2, 0.25) is 0 Å². The molecule has 2 nitrogen and oxygen atoms in total. The van der Waals surface area contributed by atoms with Gasteiger partial charge in [0, 0.05) is 13.0 Å². The van der Waals surface area contributed by atoms with E-state index in [-0.39, 0.29) is 19.4 Å². The molecule has 0 saturated carbocycles. The van der Waals surface area contributed by atoms with E-state index >= 15 is 0 Å². The van der Waals surface area contributed by atoms with Crippen molar-refractivity contribution in [3.05, 3.63) is 0 Å². The van der Waals surface area contributed by atoms with Crippen LogP contribution in [0.1, 0.15) is 26.2 Å². The van der Waals surface area contributed by atoms with Crippen LogP contribution in [0.4, 0.5) is 13.2 Å². The first-order valence-corrected chi connectivity index (χ1v) is 4.33. The van der Waals surface area contributed by atoms with Crippen LogP contribution in [0.25, 0.3) is 0 Å². The number of halogens is 3. The minimum Gasteiger partial charge on any atom is -0.331 e. The summed E-state index contributed by atoms with van der Waals surface area (Å²) in [6.07, 6.45) is -3.61. The number of alkyl halides is 3. The lowest BCUT2D eigenvalue weighted by Crippen LogP contribution is -2.44. The first-order chi connectivity index (χ1) is 5.96. The SMILES string of the molecule is CCC(=O)N1CCC[C@H]1C(F)(F)F. The van der Waals surface area contributed by atoms with E-state index in [0.29, 0.717) is 6.42 Å². The molecule has 0 spiro atoms. The zero-order valence-electron chi connectivity index (χ0n) is 7.40. The van der Waals surface area contributed by atoms with Gasteiger partial charge in [0.1, 0.15) is 6.04 Å². The minimum atomic E-state index is -4.26. The first kappa shape index (κ1) is 10.3. The molecule has 1 saturated heterocycles. The smallest absolute Gasteiger partial charge is 0.331 e. The molecular formula is C8H12F3NO. The summed E-state index contributed by atoms with van der Waals surface area (Å²) in [5.41, 5.74) is 0. The van der Waals surface area contributed by atoms with Crippen molar-refractivity contribution in [2.45, 2.75) is 38.4 Å². The van der Waals surface area contributed by atoms with Gasteiger partial charge in [-0.2, -0.15) is 13.2 Å². The average Bonchev–Trinajstić information content (AvgIpc) is 2.49. The number of amides is 1. The van der Waals surface area contributed by atoms with Gasteiger partial charge in [0.2, 0.25) is 5.91 Å². The van der Waals surface area contributed by atoms with Crippen molar-refractivity contribution in [1.82, 2.24) is 4.90 Å². The number of hydrogen-bond donors (Lipinski definition) is 0. The topological polar surface area (TPSA) is 20.3 Å². The van der Waals surface area contributed by atoms with Crippen LogP contribution in [0.15, 0.2) is 0 Å². The minimum absolute atomic E-state index is 0.0508. The zero-order valence-corrected chi connectivity index (χ0v) is 7.40. The van der Waals surface area contributed by atoms with Crippen LogP contribution in [-0.2, 0) is 4.79 Å². The Hall–Kier alpha value is -0.740. The Kier molecular flexibility index (Phi) is 2.83. The van der Waals surface area contributed by atoms with Crippen molar-refractivity contribution in [3.63, 3.8) is 0 Å². The van der Waals surface area contributed by atoms with Gasteiger partial charge in [0.25, 0.3) is 0 Å². The summed E-state index contributed by atoms with van der Waals surface area (Å²) < 4.78 is 36.9. The van der Waals surface area contributed by atoms with E-state index in [4.69, 9.17) is 0 Å². The quantitative estimate of drug-likeness (QED) is 0.626. The summed E-state index contributed by atoms with van der Waals surface area (Å²) >= 11 is 0. The first-order valence-electron chi connectivity index (χ1n) is 4.33. The van der Waals surface area contributed by atoms with E-state index < -0.39 is 18.1 Å². The second-order valence-corrected chi connectivity index (χ2v) is 3.14. The predicted molar refractivity (Wildman–Crippen MR) is 41.1 cm³/mol. The Morgan fingerprint density at radius 2 is 2.15 bits per heavy atom. The van der Waals surface area contributed by atoms with E-state index in [1.54, 1.807) is 6.92 Å². The van der Waals surface area contributed by atoms with Crippen LogP contribution in [0, 0.1) is 0 Å². The molecule has 1 heterocycles. The summed E-state index contributed by atoms with van der Waals surface area (Å²) in [5, 5.41) is 0. The number of carbonyl (C=O) groups is 1. The van der Waals surface area contributed by atoms with Crippen LogP contribution >= 0.6 is 0 Å². The molecule has 0 bridgehead atoms. The van der Waals surface area contributed by atoms with Crippen LogP contribution in [-0.4, -0.2) is 29.6 Å². The largest absolute Gasteiger partial charge is 0.408 e. The Bertz CT molecular complexity index is 202. The molecule has 0 N–H and O–H groups in total. The highest BCUT2D eigenvalue weighted by Crippen LogP contribution is 2.32. The molecule has 1 atom stereocenters. The third kappa shape index (κ3) is 2.14. The van der Waals surface area contributed by atoms with E-state index in [0.717, 1.165) is 4.90 Å². The van der Waals surface area contributed by atoms with Gasteiger partial charge in [-0.1, -0.05) is 6.92 Å². The number of carbonyl (C=O) groups excluding carboxylic acids is 1. The normalized spacial score (nSPS) is 23.7. The van der Waals surface area contributed by atoms with Gasteiger partial charge in [-0.05, 0) is 12.8 Å². The summed E-state index contributed by atoms with van der Waals surface area (Å²) in [6.45, 7) is 1.82. The maximum Gasteiger partial charge on any atom is 0.408 e. The molecule has 1 aliphatic rings. The molecule has 76 valence electrons. The number of hydrogen-bond acceptors (Lipinski definition) is 1. The molecule has 0 unspecified atom stereocenters. The van der Waals surface area contributed by atoms with Gasteiger partial charge in [0.05, 0.1) is 0 Å². The Labute approximate surface area is 74.7 Å². The molecule has 1 rings (SSSR count). The van der Waals surface area contributed by atoms with Gasteiger partial charge >= 0.3 is 6.18 Å². The van der Waals surface area contributed by atoms with E-state index in [1.807, 2.05) is 0 Å². The molecule has 5 heteroatoms. The third-order valence-corrected chi connectivity index (χ3v) is 2.25. The van der Waals surface area contributed by atoms with E-state index in [1.165, 1.54) is 0 Å². The van der Waals surface area contributed by atoms with Gasteiger partial charge in [-0.3, -0.25) is 4.79 Å². The Morgan fingerprint density at radius 3 is 2.62 bits per heavy atom. The van der Waals surface area contributed by atoms with Gasteiger partial charge in [0.15, 0.2) is 0 Å². The molecule has 0 aliphatic carbocycles. The van der Waals surface area contributed by atoms with Crippen LogP contribution in [0.5, 0.6) is 0 Å². The standard InChI is InChI=1S/C8H12F3NO/c1-2-7(13)12-5-3-4-6(12)8(9,10)11/h6H,2-5H2,1H3/t6-/m0/s1. The van der Waals surface area contributed by atoms with E-state index in [2.05, 4.69) is 0 Å². The van der Waals surface area contributed by atoms with Crippen molar-refractivity contribution in [1.29, 1.82) is 0 Å². The maximum absolute atomic E-state index is 12.3. The fourth-order valence-corrected chi connectivity index (χ4v) is 1.61. The monoisotopic (exact) mass is 195 g/mol. The molecule has 1 fully saturated rings. The lowest BCUT2D eigenvalue weighted by atomic mass is 10.2. The number of nitrogens with zero attached hydrogens (tertiary/aromatic N) is 1. The van der Waals surface area contributed by atoms with E-state index in [9.17, 15) is 18.0 Å². The predicted octanol–water partition coefficient (Wildman–Crippen LogP) is 1.95. The number of likely N-dealkylation sites (tertiary alicyclic amines) is 1. The summed E-state index contributed by atoms with van der Waals surface area (Å²) in [7, 11) is 0. The van der Waals surface area contributed by atoms with Crippen molar-refractivity contribution in [3.8, 4) is 0 Å². The fraction of sp³-hybridized carbons (Fsp3) is 0.875. The summed E-state index contributed by atoms with van der Waals surface area (Å²) in [4.78, 5) is 12.0. The second kappa shape index (κ2) is 3.55. The van der Waals surface area contributed by atoms with Crippen molar-refractivity contribution in [2.24, 2.45) is 0 Å². The van der Waals surface area contributed by atoms with Gasteiger partial charge < -0.3 is 4.90 Å². The van der Waals surface area contributed by atoms with Crippen molar-refractivity contribution >= 4 is 5.91 Å². The molecule has 0 aromatic carbocycles. The van der Waals surface area contributed by atoms with Crippen LogP contribution in [0.3, 0.4) is 0 Å². The molecule has 0 radical (unpaired) electrons. The molecule has 1 amide bonds. The maximum atomic E-state index is 12.3. The fourth-order valence-electron chi connectivity index (χ4n) is 1.61. The Morgan fingerprint density at radius 1 is 1.54 bits per heavy atom. The van der Waals surface area contributed by atoms with Crippen molar-refractivity contribution in [2.75, 3.05) is 6.54 Å². The average molecular weight is 195 g/mol. The molecule has 13 heavy (non-hydrogen) atoms. The lowest BCUT2D eigenvalue weighted by molar-refractivity contribution is -0.182. The summed E-state index contributed by atoms with van der Waals surface area (Å²) in [6, 6.07) is -1.54. The number of rotatable bonds is 1. The van der Waals surface area contributed by atoms with Crippen LogP contribution < -0.4 is 0 Å². The second-order valence-electron chi connectivity index (χ2n) is 3.14. The third-order valence-electron chi connectivity index (χ3n) is 2.25. The van der Waals surface area contributed by atoms with Gasteiger partial charge in [-0.15, -0.1) is 0 Å². The lowest BCUT2D eigenvalue weighted by Gasteiger charge is -2.26. The zero-order chi connectivity index (χ0) is 10.1. The van der Waals surface area contributed by atoms with Crippen molar-refractivity contribution < 1.29 is 18.0 Å². The molecular weight excluding hydrogens is 183 g/mol. The van der Waals surface area contributed by atoms with Gasteiger partial charge in [-0.25, -0.2) is 0 Å². The molecule has 0 aromatic rings. The highest BCUT2D eigenvalue weighted by atomic mass is 19.4. The molecule has 1 aliphatic heterocycles. The highest BCUT2D eigenvalue weighted by molar-refractivity contribution is 5.76. The highest BCUT2D eigenvalue weighted by Gasteiger charge is 2.47. The molecule has 0 aromatic heterocycles. The summed E-state index contributed by atoms with van der Waals surface area (Å²) in [5.74, 6) is -0.403. The Balaban J connectivity index is 2.70.